The third kappa shape index (κ3) is 2.70. The summed E-state index contributed by atoms with van der Waals surface area (Å²) in [6.07, 6.45) is 4.61. The molecule has 1 atom stereocenters. The maximum absolute atomic E-state index is 4.52. The molecule has 0 saturated carbocycles. The average molecular weight is 246 g/mol. The number of nitrogens with zero attached hydrogens (tertiary/aromatic N) is 3. The molecule has 0 spiro atoms. The summed E-state index contributed by atoms with van der Waals surface area (Å²) in [6, 6.07) is 0. The third-order valence-corrected chi connectivity index (χ3v) is 3.49. The van der Waals surface area contributed by atoms with Crippen molar-refractivity contribution < 1.29 is 0 Å². The highest BCUT2D eigenvalue weighted by Gasteiger charge is 2.20. The molecule has 4 heteroatoms. The molecule has 1 fully saturated rings. The quantitative estimate of drug-likeness (QED) is 0.824. The molecular weight excluding hydrogens is 224 g/mol. The van der Waals surface area contributed by atoms with Crippen LogP contribution in [0.5, 0.6) is 0 Å². The first-order chi connectivity index (χ1) is 8.74. The second-order valence-corrected chi connectivity index (χ2v) is 4.86. The van der Waals surface area contributed by atoms with Gasteiger partial charge in [-0.15, -0.1) is 6.58 Å². The number of rotatable bonds is 4. The normalized spacial score (nSPS) is 17.6. The van der Waals surface area contributed by atoms with E-state index in [-0.39, 0.29) is 0 Å². The van der Waals surface area contributed by atoms with Gasteiger partial charge in [-0.2, -0.15) is 0 Å². The molecule has 2 heterocycles. The number of allylic oxidation sites excluding steroid dienone is 1. The van der Waals surface area contributed by atoms with E-state index in [1.54, 1.807) is 6.33 Å². The Morgan fingerprint density at radius 3 is 2.83 bits per heavy atom. The van der Waals surface area contributed by atoms with Crippen LogP contribution in [0.4, 0.5) is 5.82 Å². The summed E-state index contributed by atoms with van der Waals surface area (Å²) in [5.41, 5.74) is 2.37. The van der Waals surface area contributed by atoms with E-state index in [0.29, 0.717) is 5.92 Å². The number of hydrogen-bond donors (Lipinski definition) is 1. The molecule has 18 heavy (non-hydrogen) atoms. The topological polar surface area (TPSA) is 41.1 Å². The standard InChI is InChI=1S/C14H22N4/c1-4-5-11(2)13-12(3)16-10-17-14(13)18-8-6-15-7-9-18/h4,10-11,15H,1,5-9H2,2-3H3. The minimum atomic E-state index is 0.425. The molecular formula is C14H22N4. The van der Waals surface area contributed by atoms with Crippen LogP contribution in [0.25, 0.3) is 0 Å². The summed E-state index contributed by atoms with van der Waals surface area (Å²) in [4.78, 5) is 11.2. The van der Waals surface area contributed by atoms with Crippen molar-refractivity contribution in [3.8, 4) is 0 Å². The van der Waals surface area contributed by atoms with Crippen molar-refractivity contribution in [2.75, 3.05) is 31.1 Å². The number of anilines is 1. The van der Waals surface area contributed by atoms with Gasteiger partial charge in [0.05, 0.1) is 0 Å². The van der Waals surface area contributed by atoms with Crippen molar-refractivity contribution >= 4 is 5.82 Å². The lowest BCUT2D eigenvalue weighted by atomic mass is 9.96. The molecule has 1 aromatic rings. The maximum atomic E-state index is 4.52. The fraction of sp³-hybridized carbons (Fsp3) is 0.571. The minimum absolute atomic E-state index is 0.425. The molecule has 0 aromatic carbocycles. The van der Waals surface area contributed by atoms with E-state index >= 15 is 0 Å². The van der Waals surface area contributed by atoms with Crippen molar-refractivity contribution in [3.05, 3.63) is 30.2 Å². The van der Waals surface area contributed by atoms with Gasteiger partial charge in [0, 0.05) is 37.4 Å². The highest BCUT2D eigenvalue weighted by Crippen LogP contribution is 2.30. The van der Waals surface area contributed by atoms with E-state index in [0.717, 1.165) is 44.1 Å². The summed E-state index contributed by atoms with van der Waals surface area (Å²) in [5.74, 6) is 1.53. The first-order valence-corrected chi connectivity index (χ1v) is 6.62. The summed E-state index contributed by atoms with van der Waals surface area (Å²) >= 11 is 0. The number of aryl methyl sites for hydroxylation is 1. The zero-order valence-electron chi connectivity index (χ0n) is 11.3. The maximum Gasteiger partial charge on any atom is 0.135 e. The molecule has 1 aromatic heterocycles. The van der Waals surface area contributed by atoms with E-state index in [1.807, 2.05) is 6.08 Å². The van der Waals surface area contributed by atoms with Crippen molar-refractivity contribution in [2.45, 2.75) is 26.2 Å². The zero-order chi connectivity index (χ0) is 13.0. The first kappa shape index (κ1) is 13.0. The van der Waals surface area contributed by atoms with E-state index in [2.05, 4.69) is 40.6 Å². The highest BCUT2D eigenvalue weighted by molar-refractivity contribution is 5.50. The van der Waals surface area contributed by atoms with Gasteiger partial charge in [-0.05, 0) is 19.3 Å². The Morgan fingerprint density at radius 2 is 2.17 bits per heavy atom. The smallest absolute Gasteiger partial charge is 0.135 e. The van der Waals surface area contributed by atoms with Crippen LogP contribution in [-0.4, -0.2) is 36.1 Å². The number of nitrogens with one attached hydrogen (secondary N) is 1. The van der Waals surface area contributed by atoms with Crippen molar-refractivity contribution in [2.24, 2.45) is 0 Å². The lowest BCUT2D eigenvalue weighted by Gasteiger charge is -2.31. The van der Waals surface area contributed by atoms with E-state index in [9.17, 15) is 0 Å². The van der Waals surface area contributed by atoms with Crippen LogP contribution in [0.3, 0.4) is 0 Å². The summed E-state index contributed by atoms with van der Waals surface area (Å²) < 4.78 is 0. The molecule has 98 valence electrons. The van der Waals surface area contributed by atoms with Gasteiger partial charge in [0.1, 0.15) is 12.1 Å². The van der Waals surface area contributed by atoms with Crippen LogP contribution < -0.4 is 10.2 Å². The highest BCUT2D eigenvalue weighted by atomic mass is 15.2. The molecule has 0 aliphatic carbocycles. The summed E-state index contributed by atoms with van der Waals surface area (Å²) in [7, 11) is 0. The Hall–Kier alpha value is -1.42. The van der Waals surface area contributed by atoms with Gasteiger partial charge in [-0.3, -0.25) is 0 Å². The van der Waals surface area contributed by atoms with E-state index in [1.165, 1.54) is 5.56 Å². The van der Waals surface area contributed by atoms with Gasteiger partial charge in [0.15, 0.2) is 0 Å². The summed E-state index contributed by atoms with van der Waals surface area (Å²) in [6.45, 7) is 12.2. The zero-order valence-corrected chi connectivity index (χ0v) is 11.3. The largest absolute Gasteiger partial charge is 0.354 e. The van der Waals surface area contributed by atoms with Crippen LogP contribution in [0.1, 0.15) is 30.5 Å². The SMILES string of the molecule is C=CCC(C)c1c(C)ncnc1N1CCNCC1. The van der Waals surface area contributed by atoms with Gasteiger partial charge < -0.3 is 10.2 Å². The van der Waals surface area contributed by atoms with E-state index < -0.39 is 0 Å². The molecule has 4 nitrogen and oxygen atoms in total. The van der Waals surface area contributed by atoms with Crippen LogP contribution in [0.2, 0.25) is 0 Å². The first-order valence-electron chi connectivity index (χ1n) is 6.62. The second kappa shape index (κ2) is 5.96. The molecule has 0 amide bonds. The van der Waals surface area contributed by atoms with Gasteiger partial charge in [-0.1, -0.05) is 13.0 Å². The Morgan fingerprint density at radius 1 is 1.44 bits per heavy atom. The molecule has 1 aliphatic rings. The van der Waals surface area contributed by atoms with Gasteiger partial charge >= 0.3 is 0 Å². The van der Waals surface area contributed by atoms with Gasteiger partial charge in [0.2, 0.25) is 0 Å². The van der Waals surface area contributed by atoms with Crippen molar-refractivity contribution in [1.82, 2.24) is 15.3 Å². The van der Waals surface area contributed by atoms with Crippen LogP contribution in [0.15, 0.2) is 19.0 Å². The molecule has 1 saturated heterocycles. The molecule has 2 rings (SSSR count). The predicted molar refractivity (Wildman–Crippen MR) is 75.1 cm³/mol. The molecule has 1 aliphatic heterocycles. The number of piperazine rings is 1. The molecule has 0 bridgehead atoms. The molecule has 1 unspecified atom stereocenters. The van der Waals surface area contributed by atoms with Crippen molar-refractivity contribution in [3.63, 3.8) is 0 Å². The summed E-state index contributed by atoms with van der Waals surface area (Å²) in [5, 5.41) is 3.37. The Bertz CT molecular complexity index is 410. The Balaban J connectivity index is 2.33. The van der Waals surface area contributed by atoms with Gasteiger partial charge in [-0.25, -0.2) is 9.97 Å². The van der Waals surface area contributed by atoms with Crippen LogP contribution in [-0.2, 0) is 0 Å². The number of hydrogen-bond acceptors (Lipinski definition) is 4. The van der Waals surface area contributed by atoms with Gasteiger partial charge in [0.25, 0.3) is 0 Å². The Kier molecular flexibility index (Phi) is 4.31. The lowest BCUT2D eigenvalue weighted by Crippen LogP contribution is -2.44. The average Bonchev–Trinajstić information content (AvgIpc) is 2.39. The fourth-order valence-electron chi connectivity index (χ4n) is 2.54. The second-order valence-electron chi connectivity index (χ2n) is 4.86. The number of aromatic nitrogens is 2. The Labute approximate surface area is 109 Å². The molecule has 1 N–H and O–H groups in total. The van der Waals surface area contributed by atoms with Crippen molar-refractivity contribution in [1.29, 1.82) is 0 Å². The third-order valence-electron chi connectivity index (χ3n) is 3.49. The monoisotopic (exact) mass is 246 g/mol. The molecule has 0 radical (unpaired) electrons. The minimum Gasteiger partial charge on any atom is -0.354 e. The lowest BCUT2D eigenvalue weighted by molar-refractivity contribution is 0.579. The predicted octanol–water partition coefficient (Wildman–Crippen LogP) is 1.87. The van der Waals surface area contributed by atoms with Crippen LogP contribution >= 0.6 is 0 Å². The fourth-order valence-corrected chi connectivity index (χ4v) is 2.54. The van der Waals surface area contributed by atoms with Crippen LogP contribution in [0, 0.1) is 6.92 Å². The van der Waals surface area contributed by atoms with E-state index in [4.69, 9.17) is 0 Å².